The Morgan fingerprint density at radius 3 is 2.53 bits per heavy atom. The van der Waals surface area contributed by atoms with Crippen molar-refractivity contribution in [1.82, 2.24) is 4.90 Å². The number of amides is 2. The summed E-state index contributed by atoms with van der Waals surface area (Å²) in [7, 11) is 0. The molecule has 1 aromatic rings. The molecule has 0 aromatic heterocycles. The molecule has 2 rings (SSSR count). The third-order valence-electron chi connectivity index (χ3n) is 2.84. The number of likely N-dealkylation sites (tertiary alicyclic amines) is 1. The molecule has 0 atom stereocenters. The second-order valence-electron chi connectivity index (χ2n) is 4.15. The molecule has 19 heavy (non-hydrogen) atoms. The lowest BCUT2D eigenvalue weighted by molar-refractivity contribution is -0.138. The fourth-order valence-electron chi connectivity index (χ4n) is 1.89. The van der Waals surface area contributed by atoms with Gasteiger partial charge in [-0.05, 0) is 24.6 Å². The van der Waals surface area contributed by atoms with Gasteiger partial charge in [0.15, 0.2) is 0 Å². The van der Waals surface area contributed by atoms with E-state index < -0.39 is 17.6 Å². The van der Waals surface area contributed by atoms with Gasteiger partial charge in [-0.25, -0.2) is 0 Å². The summed E-state index contributed by atoms with van der Waals surface area (Å²) in [6.07, 6.45) is -3.74. The van der Waals surface area contributed by atoms with Gasteiger partial charge < -0.3 is 0 Å². The van der Waals surface area contributed by atoms with Gasteiger partial charge in [-0.1, -0.05) is 15.9 Å². The number of nitrogens with zero attached hydrogens (tertiary/aromatic N) is 1. The summed E-state index contributed by atoms with van der Waals surface area (Å²) in [6.45, 7) is 0.259. The number of imide groups is 1. The highest BCUT2D eigenvalue weighted by Gasteiger charge is 2.35. The second-order valence-corrected chi connectivity index (χ2v) is 5.00. The molecule has 0 N–H and O–H groups in total. The standard InChI is InChI=1S/C12H9BrF3NO2/c13-9-4-3-7(6-8(9)12(14,15)16)11(19)17-5-1-2-10(17)18/h3-4,6H,1-2,5H2. The molecule has 1 fully saturated rings. The molecule has 1 saturated heterocycles. The summed E-state index contributed by atoms with van der Waals surface area (Å²) in [5.41, 5.74) is -1.06. The zero-order valence-corrected chi connectivity index (χ0v) is 11.2. The molecule has 1 heterocycles. The molecule has 7 heteroatoms. The van der Waals surface area contributed by atoms with Crippen molar-refractivity contribution in [1.29, 1.82) is 0 Å². The molecule has 0 aliphatic carbocycles. The van der Waals surface area contributed by atoms with Gasteiger partial charge in [0.25, 0.3) is 5.91 Å². The third-order valence-corrected chi connectivity index (χ3v) is 3.53. The van der Waals surface area contributed by atoms with Crippen LogP contribution in [-0.4, -0.2) is 23.3 Å². The Morgan fingerprint density at radius 1 is 1.32 bits per heavy atom. The van der Waals surface area contributed by atoms with E-state index in [1.165, 1.54) is 6.07 Å². The molecule has 2 amide bonds. The van der Waals surface area contributed by atoms with E-state index in [1.54, 1.807) is 0 Å². The molecule has 1 aliphatic heterocycles. The van der Waals surface area contributed by atoms with Gasteiger partial charge in [0.2, 0.25) is 5.91 Å². The number of rotatable bonds is 1. The molecule has 0 unspecified atom stereocenters. The van der Waals surface area contributed by atoms with Crippen molar-refractivity contribution in [3.8, 4) is 0 Å². The van der Waals surface area contributed by atoms with Gasteiger partial charge in [0.1, 0.15) is 0 Å². The Labute approximate surface area is 115 Å². The molecule has 1 aromatic carbocycles. The van der Waals surface area contributed by atoms with Crippen molar-refractivity contribution in [2.24, 2.45) is 0 Å². The van der Waals surface area contributed by atoms with Crippen LogP contribution in [0.3, 0.4) is 0 Å². The van der Waals surface area contributed by atoms with Gasteiger partial charge in [-0.3, -0.25) is 14.5 Å². The largest absolute Gasteiger partial charge is 0.417 e. The first-order valence-electron chi connectivity index (χ1n) is 5.52. The van der Waals surface area contributed by atoms with E-state index in [2.05, 4.69) is 15.9 Å². The lowest BCUT2D eigenvalue weighted by Crippen LogP contribution is -2.32. The third kappa shape index (κ3) is 2.80. The zero-order chi connectivity index (χ0) is 14.2. The number of hydrogen-bond acceptors (Lipinski definition) is 2. The van der Waals surface area contributed by atoms with E-state index >= 15 is 0 Å². The summed E-state index contributed by atoms with van der Waals surface area (Å²) in [5, 5.41) is 0. The van der Waals surface area contributed by atoms with Crippen molar-refractivity contribution < 1.29 is 22.8 Å². The molecular weight excluding hydrogens is 327 g/mol. The monoisotopic (exact) mass is 335 g/mol. The number of hydrogen-bond donors (Lipinski definition) is 0. The number of halogens is 4. The fourth-order valence-corrected chi connectivity index (χ4v) is 2.37. The molecular formula is C12H9BrF3NO2. The van der Waals surface area contributed by atoms with Crippen LogP contribution in [0.15, 0.2) is 22.7 Å². The Hall–Kier alpha value is -1.37. The van der Waals surface area contributed by atoms with Crippen molar-refractivity contribution >= 4 is 27.7 Å². The predicted octanol–water partition coefficient (Wildman–Crippen LogP) is 3.23. The molecule has 3 nitrogen and oxygen atoms in total. The summed E-state index contributed by atoms with van der Waals surface area (Å²) in [4.78, 5) is 24.4. The van der Waals surface area contributed by atoms with Gasteiger partial charge in [-0.2, -0.15) is 13.2 Å². The minimum Gasteiger partial charge on any atom is -0.279 e. The maximum atomic E-state index is 12.7. The Bertz CT molecular complexity index is 542. The van der Waals surface area contributed by atoms with Crippen molar-refractivity contribution in [2.75, 3.05) is 6.54 Å². The zero-order valence-electron chi connectivity index (χ0n) is 9.63. The lowest BCUT2D eigenvalue weighted by Gasteiger charge is -2.15. The Balaban J connectivity index is 2.36. The van der Waals surface area contributed by atoms with Gasteiger partial charge in [0, 0.05) is 23.0 Å². The maximum absolute atomic E-state index is 12.7. The maximum Gasteiger partial charge on any atom is 0.417 e. The average Bonchev–Trinajstić information content (AvgIpc) is 2.73. The Kier molecular flexibility index (Phi) is 3.66. The van der Waals surface area contributed by atoms with Crippen molar-refractivity contribution in [3.63, 3.8) is 0 Å². The van der Waals surface area contributed by atoms with E-state index in [-0.39, 0.29) is 28.9 Å². The molecule has 1 aliphatic rings. The highest BCUT2D eigenvalue weighted by molar-refractivity contribution is 9.10. The number of alkyl halides is 3. The van der Waals surface area contributed by atoms with Gasteiger partial charge >= 0.3 is 6.18 Å². The molecule has 0 spiro atoms. The van der Waals surface area contributed by atoms with Crippen LogP contribution in [0.25, 0.3) is 0 Å². The highest BCUT2D eigenvalue weighted by Crippen LogP contribution is 2.35. The van der Waals surface area contributed by atoms with Crippen LogP contribution in [0.5, 0.6) is 0 Å². The molecule has 102 valence electrons. The van der Waals surface area contributed by atoms with E-state index in [9.17, 15) is 22.8 Å². The Morgan fingerprint density at radius 2 is 2.00 bits per heavy atom. The van der Waals surface area contributed by atoms with Crippen LogP contribution in [0.2, 0.25) is 0 Å². The highest BCUT2D eigenvalue weighted by atomic mass is 79.9. The van der Waals surface area contributed by atoms with E-state index in [0.717, 1.165) is 17.0 Å². The normalized spacial score (nSPS) is 16.0. The minimum absolute atomic E-state index is 0.134. The molecule has 0 bridgehead atoms. The van der Waals surface area contributed by atoms with Crippen LogP contribution in [0, 0.1) is 0 Å². The summed E-state index contributed by atoms with van der Waals surface area (Å²) in [5.74, 6) is -1.03. The second kappa shape index (κ2) is 4.96. The quantitative estimate of drug-likeness (QED) is 0.739. The minimum atomic E-state index is -4.55. The van der Waals surface area contributed by atoms with Crippen LogP contribution in [0.1, 0.15) is 28.8 Å². The summed E-state index contributed by atoms with van der Waals surface area (Å²) in [6, 6.07) is 3.20. The smallest absolute Gasteiger partial charge is 0.279 e. The number of carbonyl (C=O) groups excluding carboxylic acids is 2. The van der Waals surface area contributed by atoms with E-state index in [0.29, 0.717) is 6.42 Å². The lowest BCUT2D eigenvalue weighted by atomic mass is 10.1. The number of carbonyl (C=O) groups is 2. The molecule has 0 radical (unpaired) electrons. The van der Waals surface area contributed by atoms with Gasteiger partial charge in [0.05, 0.1) is 5.56 Å². The predicted molar refractivity (Wildman–Crippen MR) is 64.4 cm³/mol. The first-order chi connectivity index (χ1) is 8.80. The van der Waals surface area contributed by atoms with Crippen molar-refractivity contribution in [3.05, 3.63) is 33.8 Å². The first-order valence-corrected chi connectivity index (χ1v) is 6.31. The van der Waals surface area contributed by atoms with Crippen molar-refractivity contribution in [2.45, 2.75) is 19.0 Å². The van der Waals surface area contributed by atoms with E-state index in [1.807, 2.05) is 0 Å². The van der Waals surface area contributed by atoms with E-state index in [4.69, 9.17) is 0 Å². The molecule has 0 saturated carbocycles. The van der Waals surface area contributed by atoms with Crippen LogP contribution in [-0.2, 0) is 11.0 Å². The van der Waals surface area contributed by atoms with Crippen LogP contribution in [0.4, 0.5) is 13.2 Å². The van der Waals surface area contributed by atoms with Crippen LogP contribution < -0.4 is 0 Å². The SMILES string of the molecule is O=C1CCCN1C(=O)c1ccc(Br)c(C(F)(F)F)c1. The average molecular weight is 336 g/mol. The first kappa shape index (κ1) is 14.0. The topological polar surface area (TPSA) is 37.4 Å². The van der Waals surface area contributed by atoms with Gasteiger partial charge in [-0.15, -0.1) is 0 Å². The fraction of sp³-hybridized carbons (Fsp3) is 0.333. The summed E-state index contributed by atoms with van der Waals surface area (Å²) >= 11 is 2.80. The summed E-state index contributed by atoms with van der Waals surface area (Å²) < 4.78 is 38.0. The number of benzene rings is 1. The van der Waals surface area contributed by atoms with Crippen LogP contribution >= 0.6 is 15.9 Å².